The van der Waals surface area contributed by atoms with Crippen LogP contribution in [0.5, 0.6) is 11.5 Å². The summed E-state index contributed by atoms with van der Waals surface area (Å²) in [6.45, 7) is 7.27. The zero-order valence-electron chi connectivity index (χ0n) is 29.4. The molecule has 10 atom stereocenters. The maximum Gasteiger partial charge on any atom is 0.338 e. The topological polar surface area (TPSA) is 157 Å². The summed E-state index contributed by atoms with van der Waals surface area (Å²) in [7, 11) is 1.57. The van der Waals surface area contributed by atoms with Crippen LogP contribution < -0.4 is 9.47 Å². The van der Waals surface area contributed by atoms with Gasteiger partial charge in [0.2, 0.25) is 6.29 Å². The summed E-state index contributed by atoms with van der Waals surface area (Å²) in [5.74, 6) is -0.324. The van der Waals surface area contributed by atoms with Crippen LogP contribution in [0, 0.1) is 11.8 Å². The molecule has 51 heavy (non-hydrogen) atoms. The number of nitrogens with zero attached hydrogens (tertiary/aromatic N) is 3. The number of hydrogen-bond acceptors (Lipinski definition) is 11. The van der Waals surface area contributed by atoms with Crippen molar-refractivity contribution in [3.05, 3.63) is 106 Å². The first-order chi connectivity index (χ1) is 24.7. The highest BCUT2D eigenvalue weighted by Gasteiger charge is 2.53. The van der Waals surface area contributed by atoms with Gasteiger partial charge in [0.05, 0.1) is 37.5 Å². The number of esters is 2. The maximum absolute atomic E-state index is 13.7. The molecule has 2 saturated heterocycles. The van der Waals surface area contributed by atoms with Gasteiger partial charge in [-0.25, -0.2) is 4.79 Å². The molecule has 13 heteroatoms. The van der Waals surface area contributed by atoms with Crippen LogP contribution in [-0.4, -0.2) is 74.8 Å². The predicted molar refractivity (Wildman–Crippen MR) is 185 cm³/mol. The first kappa shape index (κ1) is 37.6. The Morgan fingerprint density at radius 1 is 0.824 bits per heavy atom. The van der Waals surface area contributed by atoms with Crippen LogP contribution in [0.3, 0.4) is 0 Å². The average Bonchev–Trinajstić information content (AvgIpc) is 3.15. The highest BCUT2D eigenvalue weighted by molar-refractivity contribution is 5.89. The third kappa shape index (κ3) is 9.57. The number of benzene rings is 3. The zero-order valence-corrected chi connectivity index (χ0v) is 29.4. The van der Waals surface area contributed by atoms with Gasteiger partial charge in [-0.15, -0.1) is 0 Å². The molecule has 3 aromatic carbocycles. The lowest BCUT2D eigenvalue weighted by atomic mass is 9.82. The second-order valence-corrected chi connectivity index (χ2v) is 12.6. The number of methoxy groups -OCH3 is 1. The van der Waals surface area contributed by atoms with Crippen molar-refractivity contribution in [2.24, 2.45) is 17.0 Å². The number of carbonyl (C=O) groups is 2. The standard InChI is InChI=1S/C38H45N3O10/c1-6-30-33(51-37-32(40-41-39)24(3)23(2)31(49-37)22-45-25(4)42)34(46-21-26-13-9-7-10-14-26)35(50-36(43)27-15-11-8-12-16-27)38(48-30)47-29-19-17-28(44-5)18-20-29/h7-20,23-24,30-35,37-38H,6,21-22H2,1-5H3/t23-,24-,30?,31?,32?,33+,34+,35?,37+,38+/m0/s1. The SMILES string of the molecule is CCC1O[C@@H](Oc2ccc(OC)cc2)C(OC(=O)c2ccccc2)[C@H](OCc2ccccc2)[C@@H]1O[C@H]1OC(COC(C)=O)[C@@H](C)[C@H](C)C1N=[N+]=[N-]. The van der Waals surface area contributed by atoms with E-state index >= 15 is 0 Å². The summed E-state index contributed by atoms with van der Waals surface area (Å²) in [5, 5.41) is 4.07. The van der Waals surface area contributed by atoms with Crippen molar-refractivity contribution in [1.29, 1.82) is 0 Å². The lowest BCUT2D eigenvalue weighted by Crippen LogP contribution is -2.64. The van der Waals surface area contributed by atoms with Gasteiger partial charge in [0.15, 0.2) is 12.4 Å². The summed E-state index contributed by atoms with van der Waals surface area (Å²) in [4.78, 5) is 28.5. The van der Waals surface area contributed by atoms with Gasteiger partial charge in [0.25, 0.3) is 0 Å². The Balaban J connectivity index is 1.53. The molecule has 2 heterocycles. The fourth-order valence-electron chi connectivity index (χ4n) is 6.25. The van der Waals surface area contributed by atoms with E-state index in [2.05, 4.69) is 10.0 Å². The van der Waals surface area contributed by atoms with Gasteiger partial charge >= 0.3 is 11.9 Å². The molecule has 0 saturated carbocycles. The Morgan fingerprint density at radius 3 is 2.10 bits per heavy atom. The van der Waals surface area contributed by atoms with Gasteiger partial charge in [-0.2, -0.15) is 0 Å². The van der Waals surface area contributed by atoms with Gasteiger partial charge < -0.3 is 37.9 Å². The molecule has 0 bridgehead atoms. The maximum atomic E-state index is 13.7. The largest absolute Gasteiger partial charge is 0.497 e. The van der Waals surface area contributed by atoms with E-state index in [0.29, 0.717) is 23.5 Å². The van der Waals surface area contributed by atoms with Crippen LogP contribution in [0.2, 0.25) is 0 Å². The van der Waals surface area contributed by atoms with Crippen LogP contribution >= 0.6 is 0 Å². The monoisotopic (exact) mass is 703 g/mol. The molecule has 0 aliphatic carbocycles. The van der Waals surface area contributed by atoms with E-state index in [1.54, 1.807) is 61.7 Å². The van der Waals surface area contributed by atoms with Crippen LogP contribution in [-0.2, 0) is 39.8 Å². The third-order valence-corrected chi connectivity index (χ3v) is 9.31. The lowest BCUT2D eigenvalue weighted by molar-refractivity contribution is -0.332. The second kappa shape index (κ2) is 18.0. The molecule has 0 spiro atoms. The van der Waals surface area contributed by atoms with E-state index < -0.39 is 61.1 Å². The summed E-state index contributed by atoms with van der Waals surface area (Å²) in [6, 6.07) is 24.4. The quantitative estimate of drug-likeness (QED) is 0.0771. The Labute approximate surface area is 297 Å². The average molecular weight is 704 g/mol. The van der Waals surface area contributed by atoms with Crippen LogP contribution in [0.1, 0.15) is 50.0 Å². The van der Waals surface area contributed by atoms with E-state index in [-0.39, 0.29) is 25.0 Å². The van der Waals surface area contributed by atoms with Crippen molar-refractivity contribution in [1.82, 2.24) is 0 Å². The molecule has 0 N–H and O–H groups in total. The first-order valence-electron chi connectivity index (χ1n) is 17.1. The number of rotatable bonds is 14. The predicted octanol–water partition coefficient (Wildman–Crippen LogP) is 6.64. The van der Waals surface area contributed by atoms with Gasteiger partial charge in [-0.05, 0) is 65.7 Å². The second-order valence-electron chi connectivity index (χ2n) is 12.6. The van der Waals surface area contributed by atoms with Crippen molar-refractivity contribution < 1.29 is 47.5 Å². The normalized spacial score (nSPS) is 28.9. The first-order valence-corrected chi connectivity index (χ1v) is 17.1. The number of hydrogen-bond donors (Lipinski definition) is 0. The highest BCUT2D eigenvalue weighted by Crippen LogP contribution is 2.38. The van der Waals surface area contributed by atoms with E-state index in [1.807, 2.05) is 51.1 Å². The number of ether oxygens (including phenoxy) is 8. The smallest absolute Gasteiger partial charge is 0.338 e. The van der Waals surface area contributed by atoms with E-state index in [1.165, 1.54) is 6.92 Å². The van der Waals surface area contributed by atoms with Crippen molar-refractivity contribution in [2.75, 3.05) is 13.7 Å². The third-order valence-electron chi connectivity index (χ3n) is 9.31. The van der Waals surface area contributed by atoms with Gasteiger partial charge in [-0.1, -0.05) is 74.4 Å². The molecule has 0 amide bonds. The molecular formula is C38H45N3O10. The molecule has 4 unspecified atom stereocenters. The fourth-order valence-corrected chi connectivity index (χ4v) is 6.25. The molecule has 0 radical (unpaired) electrons. The van der Waals surface area contributed by atoms with Crippen LogP contribution in [0.15, 0.2) is 90.0 Å². The van der Waals surface area contributed by atoms with Crippen LogP contribution in [0.25, 0.3) is 10.4 Å². The molecule has 2 aliphatic heterocycles. The van der Waals surface area contributed by atoms with Crippen molar-refractivity contribution in [3.63, 3.8) is 0 Å². The molecular weight excluding hydrogens is 658 g/mol. The van der Waals surface area contributed by atoms with Gasteiger partial charge in [-0.3, -0.25) is 4.79 Å². The molecule has 5 rings (SSSR count). The number of azide groups is 1. The van der Waals surface area contributed by atoms with Gasteiger partial charge in [0, 0.05) is 11.8 Å². The Bertz CT molecular complexity index is 1610. The van der Waals surface area contributed by atoms with E-state index in [9.17, 15) is 15.1 Å². The minimum absolute atomic E-state index is 0.00884. The fraction of sp³-hybridized carbons (Fsp3) is 0.474. The summed E-state index contributed by atoms with van der Waals surface area (Å²) in [5.41, 5.74) is 10.8. The Morgan fingerprint density at radius 2 is 1.47 bits per heavy atom. The lowest BCUT2D eigenvalue weighted by Gasteiger charge is -2.49. The molecule has 0 aromatic heterocycles. The Hall–Kier alpha value is -4.65. The molecule has 2 fully saturated rings. The van der Waals surface area contributed by atoms with Crippen molar-refractivity contribution in [2.45, 2.75) is 89.9 Å². The summed E-state index contributed by atoms with van der Waals surface area (Å²) < 4.78 is 49.6. The summed E-state index contributed by atoms with van der Waals surface area (Å²) >= 11 is 0. The molecule has 13 nitrogen and oxygen atoms in total. The highest BCUT2D eigenvalue weighted by atomic mass is 16.7. The Kier molecular flexibility index (Phi) is 13.3. The van der Waals surface area contributed by atoms with E-state index in [4.69, 9.17) is 37.9 Å². The van der Waals surface area contributed by atoms with Crippen molar-refractivity contribution in [3.8, 4) is 11.5 Å². The zero-order chi connectivity index (χ0) is 36.3. The van der Waals surface area contributed by atoms with Crippen molar-refractivity contribution >= 4 is 11.9 Å². The molecule has 272 valence electrons. The summed E-state index contributed by atoms with van der Waals surface area (Å²) in [6.07, 6.45) is -5.97. The van der Waals surface area contributed by atoms with Gasteiger partial charge in [0.1, 0.15) is 30.3 Å². The van der Waals surface area contributed by atoms with Crippen LogP contribution in [0.4, 0.5) is 0 Å². The molecule has 3 aromatic rings. The van der Waals surface area contributed by atoms with E-state index in [0.717, 1.165) is 5.56 Å². The number of carbonyl (C=O) groups excluding carboxylic acids is 2. The minimum Gasteiger partial charge on any atom is -0.497 e. The molecule has 2 aliphatic rings. The minimum atomic E-state index is -1.15.